The van der Waals surface area contributed by atoms with E-state index in [2.05, 4.69) is 22.2 Å². The maximum atomic E-state index is 12.9. The van der Waals surface area contributed by atoms with Crippen molar-refractivity contribution in [1.29, 1.82) is 0 Å². The maximum Gasteiger partial charge on any atom is 0.339 e. The van der Waals surface area contributed by atoms with E-state index in [1.165, 1.54) is 11.3 Å². The van der Waals surface area contributed by atoms with Crippen LogP contribution in [0, 0.1) is 5.92 Å². The third-order valence-corrected chi connectivity index (χ3v) is 7.23. The predicted molar refractivity (Wildman–Crippen MR) is 124 cm³/mol. The van der Waals surface area contributed by atoms with E-state index in [0.717, 1.165) is 29.7 Å². The Labute approximate surface area is 189 Å². The number of rotatable bonds is 6. The molecule has 1 amide bonds. The number of benzene rings is 1. The van der Waals surface area contributed by atoms with Gasteiger partial charge in [-0.25, -0.2) is 9.78 Å². The van der Waals surface area contributed by atoms with Gasteiger partial charge in [-0.15, -0.1) is 11.3 Å². The van der Waals surface area contributed by atoms with Crippen LogP contribution in [0.4, 0.5) is 5.00 Å². The maximum absolute atomic E-state index is 12.9. The number of likely N-dealkylation sites (N-methyl/N-ethyl adjacent to an activating group) is 1. The molecule has 0 radical (unpaired) electrons. The van der Waals surface area contributed by atoms with Crippen LogP contribution in [0.15, 0.2) is 29.1 Å². The number of aromatic carboxylic acids is 1. The first-order chi connectivity index (χ1) is 15.2. The summed E-state index contributed by atoms with van der Waals surface area (Å²) in [6.45, 7) is 4.16. The van der Waals surface area contributed by atoms with Gasteiger partial charge in [-0.1, -0.05) is 19.1 Å². The highest BCUT2D eigenvalue weighted by atomic mass is 32.1. The largest absolute Gasteiger partial charge is 0.478 e. The van der Waals surface area contributed by atoms with E-state index in [0.29, 0.717) is 27.6 Å². The minimum atomic E-state index is -1.01. The number of carboxylic acids is 1. The average Bonchev–Trinajstić information content (AvgIpc) is 3.10. The summed E-state index contributed by atoms with van der Waals surface area (Å²) >= 11 is 1.37. The van der Waals surface area contributed by atoms with Crippen molar-refractivity contribution in [3.05, 3.63) is 56.4 Å². The first-order valence-corrected chi connectivity index (χ1v) is 11.4. The number of aromatic nitrogens is 2. The Bertz CT molecular complexity index is 1250. The molecule has 4 rings (SSSR count). The molecule has 0 bridgehead atoms. The number of H-pyrrole nitrogens is 1. The third-order valence-electron chi connectivity index (χ3n) is 6.06. The number of fused-ring (bicyclic) bond motifs is 2. The highest BCUT2D eigenvalue weighted by molar-refractivity contribution is 7.17. The smallest absolute Gasteiger partial charge is 0.339 e. The molecule has 2 heterocycles. The zero-order chi connectivity index (χ0) is 23.0. The van der Waals surface area contributed by atoms with Crippen molar-refractivity contribution >= 4 is 39.1 Å². The minimum Gasteiger partial charge on any atom is -0.478 e. The highest BCUT2D eigenvalue weighted by Crippen LogP contribution is 2.39. The van der Waals surface area contributed by atoms with E-state index < -0.39 is 12.0 Å². The number of carboxylic acid groups (broad SMARTS) is 1. The number of hydrogen-bond acceptors (Lipinski definition) is 6. The summed E-state index contributed by atoms with van der Waals surface area (Å²) in [4.78, 5) is 47.2. The normalized spacial score (nSPS) is 16.7. The van der Waals surface area contributed by atoms with Gasteiger partial charge in [-0.3, -0.25) is 14.5 Å². The molecule has 2 aromatic heterocycles. The molecule has 9 heteroatoms. The Kier molecular flexibility index (Phi) is 6.12. The number of nitrogens with one attached hydrogen (secondary N) is 2. The first-order valence-electron chi connectivity index (χ1n) is 10.6. The molecule has 0 spiro atoms. The van der Waals surface area contributed by atoms with Crippen molar-refractivity contribution < 1.29 is 14.7 Å². The Morgan fingerprint density at radius 1 is 1.38 bits per heavy atom. The minimum absolute atomic E-state index is 0.222. The van der Waals surface area contributed by atoms with Crippen molar-refractivity contribution in [3.8, 4) is 0 Å². The molecule has 1 aliphatic rings. The summed E-state index contributed by atoms with van der Waals surface area (Å²) in [5, 5.41) is 13.5. The van der Waals surface area contributed by atoms with Gasteiger partial charge in [0.15, 0.2) is 0 Å². The van der Waals surface area contributed by atoms with Gasteiger partial charge in [0.1, 0.15) is 10.8 Å². The van der Waals surface area contributed by atoms with E-state index in [1.54, 1.807) is 37.1 Å². The fourth-order valence-electron chi connectivity index (χ4n) is 4.06. The second-order valence-corrected chi connectivity index (χ2v) is 9.58. The number of carbonyl (C=O) groups excluding carboxylic acids is 1. The van der Waals surface area contributed by atoms with Crippen LogP contribution in [-0.4, -0.2) is 44.9 Å². The number of amides is 1. The molecule has 0 fully saturated rings. The van der Waals surface area contributed by atoms with E-state index >= 15 is 0 Å². The van der Waals surface area contributed by atoms with Crippen LogP contribution in [0.25, 0.3) is 10.9 Å². The third kappa shape index (κ3) is 4.31. The molecule has 32 heavy (non-hydrogen) atoms. The average molecular weight is 455 g/mol. The summed E-state index contributed by atoms with van der Waals surface area (Å²) in [5.41, 5.74) is 1.46. The van der Waals surface area contributed by atoms with Crippen molar-refractivity contribution in [1.82, 2.24) is 14.9 Å². The summed E-state index contributed by atoms with van der Waals surface area (Å²) in [7, 11) is 1.76. The lowest BCUT2D eigenvalue weighted by Gasteiger charge is -2.23. The van der Waals surface area contributed by atoms with Gasteiger partial charge in [0.25, 0.3) is 5.56 Å². The fraction of sp³-hybridized carbons (Fsp3) is 0.391. The van der Waals surface area contributed by atoms with Gasteiger partial charge in [0, 0.05) is 4.88 Å². The molecule has 3 aromatic rings. The molecule has 3 N–H and O–H groups in total. The molecular weight excluding hydrogens is 428 g/mol. The topological polar surface area (TPSA) is 115 Å². The molecule has 8 nitrogen and oxygen atoms in total. The second kappa shape index (κ2) is 8.84. The molecule has 1 aromatic carbocycles. The number of nitrogens with zero attached hydrogens (tertiary/aromatic N) is 2. The van der Waals surface area contributed by atoms with Crippen LogP contribution in [-0.2, 0) is 24.2 Å². The van der Waals surface area contributed by atoms with Gasteiger partial charge in [0.05, 0.1) is 29.1 Å². The van der Waals surface area contributed by atoms with Gasteiger partial charge >= 0.3 is 5.97 Å². The van der Waals surface area contributed by atoms with Crippen LogP contribution in [0.2, 0.25) is 0 Å². The van der Waals surface area contributed by atoms with E-state index in [-0.39, 0.29) is 23.6 Å². The van der Waals surface area contributed by atoms with Crippen LogP contribution in [0.1, 0.15) is 46.9 Å². The lowest BCUT2D eigenvalue weighted by molar-refractivity contribution is -0.120. The zero-order valence-corrected chi connectivity index (χ0v) is 19.1. The lowest BCUT2D eigenvalue weighted by atomic mass is 9.88. The summed E-state index contributed by atoms with van der Waals surface area (Å²) < 4.78 is 0. The molecular formula is C23H26N4O4S. The number of hydrogen-bond donors (Lipinski definition) is 3. The Morgan fingerprint density at radius 3 is 2.88 bits per heavy atom. The summed E-state index contributed by atoms with van der Waals surface area (Å²) in [6.07, 6.45) is 2.51. The van der Waals surface area contributed by atoms with Gasteiger partial charge in [0.2, 0.25) is 5.91 Å². The first kappa shape index (κ1) is 22.2. The molecule has 2 atom stereocenters. The zero-order valence-electron chi connectivity index (χ0n) is 18.3. The van der Waals surface area contributed by atoms with Gasteiger partial charge in [-0.05, 0) is 56.8 Å². The van der Waals surface area contributed by atoms with E-state index in [1.807, 2.05) is 6.07 Å². The fourth-order valence-corrected chi connectivity index (χ4v) is 5.47. The predicted octanol–water partition coefficient (Wildman–Crippen LogP) is 3.27. The van der Waals surface area contributed by atoms with Gasteiger partial charge in [-0.2, -0.15) is 0 Å². The number of aromatic amines is 1. The Morgan fingerprint density at radius 2 is 2.12 bits per heavy atom. The molecule has 168 valence electrons. The number of anilines is 1. The Balaban J connectivity index is 1.51. The van der Waals surface area contributed by atoms with Crippen LogP contribution < -0.4 is 10.9 Å². The summed E-state index contributed by atoms with van der Waals surface area (Å²) in [5.74, 6) is -0.341. The molecule has 1 aliphatic carbocycles. The second-order valence-electron chi connectivity index (χ2n) is 8.47. The molecule has 2 unspecified atom stereocenters. The van der Waals surface area contributed by atoms with Crippen LogP contribution in [0.5, 0.6) is 0 Å². The number of carbonyl (C=O) groups is 2. The molecule has 0 aliphatic heterocycles. The standard InChI is InChI=1S/C23H26N4O4S/c1-12-8-9-15-17(10-12)32-22(19(15)23(30)31)26-20(28)13(2)27(3)11-18-24-16-7-5-4-6-14(16)21(29)25-18/h4-7,12-13H,8-11H2,1-3H3,(H,26,28)(H,30,31)(H,24,25,29). The molecule has 0 saturated heterocycles. The number of para-hydroxylation sites is 1. The lowest BCUT2D eigenvalue weighted by Crippen LogP contribution is -2.39. The summed E-state index contributed by atoms with van der Waals surface area (Å²) in [6, 6.07) is 6.53. The van der Waals surface area contributed by atoms with Crippen LogP contribution >= 0.6 is 11.3 Å². The number of thiophene rings is 1. The van der Waals surface area contributed by atoms with E-state index in [9.17, 15) is 19.5 Å². The van der Waals surface area contributed by atoms with Crippen LogP contribution in [0.3, 0.4) is 0 Å². The van der Waals surface area contributed by atoms with Crippen molar-refractivity contribution in [2.24, 2.45) is 5.92 Å². The van der Waals surface area contributed by atoms with Gasteiger partial charge < -0.3 is 15.4 Å². The SMILES string of the molecule is CC1CCc2c(sc(NC(=O)C(C)N(C)Cc3nc4ccccc4c(=O)[nH]3)c2C(=O)O)C1. The molecule has 0 saturated carbocycles. The van der Waals surface area contributed by atoms with Crippen molar-refractivity contribution in [2.45, 2.75) is 45.7 Å². The van der Waals surface area contributed by atoms with Crippen molar-refractivity contribution in [2.75, 3.05) is 12.4 Å². The van der Waals surface area contributed by atoms with Crippen molar-refractivity contribution in [3.63, 3.8) is 0 Å². The monoisotopic (exact) mass is 454 g/mol. The Hall–Kier alpha value is -3.04. The highest BCUT2D eigenvalue weighted by Gasteiger charge is 2.29. The van der Waals surface area contributed by atoms with E-state index in [4.69, 9.17) is 0 Å². The quantitative estimate of drug-likeness (QED) is 0.527.